The van der Waals surface area contributed by atoms with Gasteiger partial charge in [0.05, 0.1) is 11.4 Å². The predicted molar refractivity (Wildman–Crippen MR) is 118 cm³/mol. The first kappa shape index (κ1) is 20.0. The maximum absolute atomic E-state index is 13.3. The van der Waals surface area contributed by atoms with Crippen molar-refractivity contribution in [1.29, 1.82) is 0 Å². The first-order chi connectivity index (χ1) is 15.1. The van der Waals surface area contributed by atoms with Crippen LogP contribution in [0.5, 0.6) is 0 Å². The second-order valence-corrected chi connectivity index (χ2v) is 8.99. The summed E-state index contributed by atoms with van der Waals surface area (Å²) in [6.45, 7) is 4.92. The standard InChI is InChI=1S/C22H24N6O2S/c1-14(2)19-23-17(30-26-19)13-31-22-24-20-18(16-11-7-4-8-12-27(16)22)21(29)28(25-20)15-9-5-3-6-10-15/h3,5-6,9-10,14H,4,7-8,11-13H2,1-2H3. The van der Waals surface area contributed by atoms with Gasteiger partial charge in [0.2, 0.25) is 5.89 Å². The molecule has 1 aromatic heterocycles. The van der Waals surface area contributed by atoms with Gasteiger partial charge in [-0.05, 0) is 31.4 Å². The van der Waals surface area contributed by atoms with Gasteiger partial charge in [-0.15, -0.1) is 5.10 Å². The summed E-state index contributed by atoms with van der Waals surface area (Å²) in [7, 11) is 0. The summed E-state index contributed by atoms with van der Waals surface area (Å²) < 4.78 is 9.05. The highest BCUT2D eigenvalue weighted by Crippen LogP contribution is 2.31. The minimum Gasteiger partial charge on any atom is -0.338 e. The van der Waals surface area contributed by atoms with Gasteiger partial charge in [-0.3, -0.25) is 4.79 Å². The molecule has 0 bridgehead atoms. The second kappa shape index (κ2) is 8.30. The van der Waals surface area contributed by atoms with Gasteiger partial charge in [0.25, 0.3) is 5.56 Å². The quantitative estimate of drug-likeness (QED) is 0.344. The van der Waals surface area contributed by atoms with Crippen LogP contribution in [-0.4, -0.2) is 29.5 Å². The van der Waals surface area contributed by atoms with E-state index < -0.39 is 0 Å². The van der Waals surface area contributed by atoms with Crippen molar-refractivity contribution in [3.8, 4) is 17.1 Å². The molecule has 1 aromatic carbocycles. The minimum atomic E-state index is -0.102. The molecule has 8 nitrogen and oxygen atoms in total. The number of fused-ring (bicyclic) bond motifs is 3. The average Bonchev–Trinajstić information content (AvgIpc) is 3.30. The number of thioether (sulfide) groups is 1. The zero-order valence-corrected chi connectivity index (χ0v) is 18.4. The van der Waals surface area contributed by atoms with Crippen LogP contribution in [0.25, 0.3) is 17.1 Å². The Morgan fingerprint density at radius 3 is 2.74 bits per heavy atom. The van der Waals surface area contributed by atoms with E-state index in [-0.39, 0.29) is 11.5 Å². The molecule has 0 radical (unpaired) electrons. The molecule has 3 aliphatic heterocycles. The Bertz CT molecular complexity index is 1230. The van der Waals surface area contributed by atoms with Crippen LogP contribution in [0, 0.1) is 0 Å². The maximum Gasteiger partial charge on any atom is 0.284 e. The number of aromatic nitrogens is 6. The zero-order chi connectivity index (χ0) is 21.4. The number of hydrogen-bond acceptors (Lipinski definition) is 7. The summed E-state index contributed by atoms with van der Waals surface area (Å²) in [5, 5.41) is 9.46. The number of benzene rings is 1. The van der Waals surface area contributed by atoms with Gasteiger partial charge in [-0.1, -0.05) is 55.4 Å². The largest absolute Gasteiger partial charge is 0.338 e. The van der Waals surface area contributed by atoms with Gasteiger partial charge >= 0.3 is 0 Å². The molecule has 0 aliphatic carbocycles. The molecule has 0 saturated carbocycles. The van der Waals surface area contributed by atoms with Gasteiger partial charge in [-0.2, -0.15) is 9.67 Å². The third-order valence-electron chi connectivity index (χ3n) is 5.49. The highest BCUT2D eigenvalue weighted by Gasteiger charge is 2.27. The molecule has 0 atom stereocenters. The van der Waals surface area contributed by atoms with E-state index in [1.165, 1.54) is 4.68 Å². The predicted octanol–water partition coefficient (Wildman–Crippen LogP) is 4.06. The summed E-state index contributed by atoms with van der Waals surface area (Å²) >= 11 is 1.55. The lowest BCUT2D eigenvalue weighted by atomic mass is 10.1. The van der Waals surface area contributed by atoms with Crippen LogP contribution in [0.4, 0.5) is 0 Å². The van der Waals surface area contributed by atoms with E-state index >= 15 is 0 Å². The molecule has 0 unspecified atom stereocenters. The smallest absolute Gasteiger partial charge is 0.284 e. The molecule has 160 valence electrons. The van der Waals surface area contributed by atoms with Crippen molar-refractivity contribution in [3.05, 3.63) is 58.1 Å². The summed E-state index contributed by atoms with van der Waals surface area (Å²) in [6, 6.07) is 9.50. The van der Waals surface area contributed by atoms with Gasteiger partial charge in [-0.25, -0.2) is 4.98 Å². The molecule has 0 spiro atoms. The van der Waals surface area contributed by atoms with Crippen molar-refractivity contribution in [3.63, 3.8) is 0 Å². The summed E-state index contributed by atoms with van der Waals surface area (Å²) in [6.07, 6.45) is 4.11. The Hall–Kier alpha value is -2.94. The molecule has 0 amide bonds. The molecule has 4 heterocycles. The highest BCUT2D eigenvalue weighted by molar-refractivity contribution is 7.98. The summed E-state index contributed by atoms with van der Waals surface area (Å²) in [5.41, 5.74) is 2.31. The topological polar surface area (TPSA) is 91.6 Å². The number of para-hydroxylation sites is 1. The first-order valence-electron chi connectivity index (χ1n) is 10.6. The molecule has 3 aliphatic rings. The Labute approximate surface area is 184 Å². The van der Waals surface area contributed by atoms with Crippen LogP contribution in [0.15, 0.2) is 44.8 Å². The first-order valence-corrected chi connectivity index (χ1v) is 11.6. The van der Waals surface area contributed by atoms with E-state index in [2.05, 4.69) is 19.8 Å². The van der Waals surface area contributed by atoms with Crippen LogP contribution in [-0.2, 0) is 18.7 Å². The molecular formula is C22H24N6O2S. The normalized spacial score (nSPS) is 14.2. The number of nitrogens with zero attached hydrogens (tertiary/aromatic N) is 6. The SMILES string of the molecule is CC(C)c1noc(CSc2nc3nn(-c4ccccc4)c(=O)c-3c3n2CCCCC3)n1. The summed E-state index contributed by atoms with van der Waals surface area (Å²) in [4.78, 5) is 22.5. The summed E-state index contributed by atoms with van der Waals surface area (Å²) in [5.74, 6) is 2.54. The monoisotopic (exact) mass is 436 g/mol. The third-order valence-corrected chi connectivity index (χ3v) is 6.45. The lowest BCUT2D eigenvalue weighted by Gasteiger charge is -2.17. The molecule has 0 N–H and O–H groups in total. The Morgan fingerprint density at radius 1 is 1.13 bits per heavy atom. The van der Waals surface area contributed by atoms with Crippen LogP contribution in [0.2, 0.25) is 0 Å². The van der Waals surface area contributed by atoms with Crippen molar-refractivity contribution < 1.29 is 4.52 Å². The van der Waals surface area contributed by atoms with Crippen molar-refractivity contribution in [2.45, 2.75) is 62.9 Å². The molecule has 9 heteroatoms. The fourth-order valence-corrected chi connectivity index (χ4v) is 4.77. The second-order valence-electron chi connectivity index (χ2n) is 8.04. The van der Waals surface area contributed by atoms with E-state index in [4.69, 9.17) is 9.51 Å². The van der Waals surface area contributed by atoms with E-state index in [1.54, 1.807) is 11.8 Å². The molecular weight excluding hydrogens is 412 g/mol. The van der Waals surface area contributed by atoms with Gasteiger partial charge in [0, 0.05) is 18.2 Å². The Morgan fingerprint density at radius 2 is 1.97 bits per heavy atom. The van der Waals surface area contributed by atoms with Crippen LogP contribution >= 0.6 is 11.8 Å². The fourth-order valence-electron chi connectivity index (χ4n) is 3.90. The molecule has 5 rings (SSSR count). The van der Waals surface area contributed by atoms with Gasteiger partial charge < -0.3 is 9.09 Å². The molecule has 2 aromatic rings. The van der Waals surface area contributed by atoms with Crippen LogP contribution in [0.1, 0.15) is 56.4 Å². The Balaban J connectivity index is 1.57. The van der Waals surface area contributed by atoms with E-state index in [0.29, 0.717) is 28.9 Å². The van der Waals surface area contributed by atoms with Crippen molar-refractivity contribution in [1.82, 2.24) is 29.5 Å². The number of rotatable bonds is 5. The average molecular weight is 437 g/mol. The lowest BCUT2D eigenvalue weighted by Crippen LogP contribution is -2.19. The van der Waals surface area contributed by atoms with E-state index in [1.807, 2.05) is 44.2 Å². The molecule has 0 saturated heterocycles. The fraction of sp³-hybridized carbons (Fsp3) is 0.409. The number of hydrogen-bond donors (Lipinski definition) is 0. The van der Waals surface area contributed by atoms with Crippen LogP contribution < -0.4 is 5.56 Å². The van der Waals surface area contributed by atoms with E-state index in [9.17, 15) is 4.79 Å². The van der Waals surface area contributed by atoms with E-state index in [0.717, 1.165) is 48.8 Å². The van der Waals surface area contributed by atoms with Crippen LogP contribution in [0.3, 0.4) is 0 Å². The molecule has 31 heavy (non-hydrogen) atoms. The van der Waals surface area contributed by atoms with Crippen molar-refractivity contribution >= 4 is 11.8 Å². The highest BCUT2D eigenvalue weighted by atomic mass is 32.2. The minimum absolute atomic E-state index is 0.102. The van der Waals surface area contributed by atoms with Crippen molar-refractivity contribution in [2.75, 3.05) is 0 Å². The third kappa shape index (κ3) is 3.78. The van der Waals surface area contributed by atoms with Gasteiger partial charge in [0.1, 0.15) is 5.56 Å². The van der Waals surface area contributed by atoms with Crippen molar-refractivity contribution in [2.24, 2.45) is 0 Å². The molecule has 0 fully saturated rings. The lowest BCUT2D eigenvalue weighted by molar-refractivity contribution is 0.382. The zero-order valence-electron chi connectivity index (χ0n) is 17.6. The van der Waals surface area contributed by atoms with Gasteiger partial charge in [0.15, 0.2) is 16.8 Å². The maximum atomic E-state index is 13.3. The Kier molecular flexibility index (Phi) is 5.35.